The minimum absolute atomic E-state index is 0.0891. The number of hydrogen-bond acceptors (Lipinski definition) is 2. The molecule has 0 spiro atoms. The molecule has 0 aliphatic heterocycles. The second-order valence-corrected chi connectivity index (χ2v) is 4.52. The molecule has 0 fully saturated rings. The first-order valence-corrected chi connectivity index (χ1v) is 5.80. The van der Waals surface area contributed by atoms with E-state index in [9.17, 15) is 8.78 Å². The van der Waals surface area contributed by atoms with E-state index in [2.05, 4.69) is 24.1 Å². The summed E-state index contributed by atoms with van der Waals surface area (Å²) in [5.74, 6) is -0.816. The number of hydrogen-bond donors (Lipinski definition) is 1. The Morgan fingerprint density at radius 2 is 2.11 bits per heavy atom. The number of imidazole rings is 1. The third kappa shape index (κ3) is 2.67. The van der Waals surface area contributed by atoms with Crippen molar-refractivity contribution in [2.75, 3.05) is 5.32 Å². The Balaban J connectivity index is 2.24. The maximum atomic E-state index is 13.5. The Bertz CT molecular complexity index is 535. The Hall–Kier alpha value is -1.91. The molecule has 2 rings (SSSR count). The number of anilines is 2. The van der Waals surface area contributed by atoms with Gasteiger partial charge in [0.2, 0.25) is 5.95 Å². The average Bonchev–Trinajstić information content (AvgIpc) is 2.72. The van der Waals surface area contributed by atoms with Gasteiger partial charge in [-0.25, -0.2) is 13.8 Å². The number of nitrogens with zero attached hydrogens (tertiary/aromatic N) is 2. The standard InChI is InChI=1S/C13H15F2N3/c1-9(2)8-18-7-6-16-13(18)17-11-5-3-4-10(14)12(11)15/h3-7,9H,8H2,1-2H3,(H,16,17). The Kier molecular flexibility index (Phi) is 3.60. The van der Waals surface area contributed by atoms with Crippen LogP contribution in [0.25, 0.3) is 0 Å². The zero-order chi connectivity index (χ0) is 13.1. The van der Waals surface area contributed by atoms with Crippen LogP contribution in [-0.4, -0.2) is 9.55 Å². The summed E-state index contributed by atoms with van der Waals surface area (Å²) in [4.78, 5) is 4.10. The smallest absolute Gasteiger partial charge is 0.207 e. The molecule has 0 atom stereocenters. The van der Waals surface area contributed by atoms with Crippen LogP contribution in [0.4, 0.5) is 20.4 Å². The summed E-state index contributed by atoms with van der Waals surface area (Å²) in [5, 5.41) is 2.80. The fourth-order valence-electron chi connectivity index (χ4n) is 1.69. The maximum absolute atomic E-state index is 13.5. The highest BCUT2D eigenvalue weighted by atomic mass is 19.2. The van der Waals surface area contributed by atoms with Crippen LogP contribution in [0, 0.1) is 17.6 Å². The first-order valence-electron chi connectivity index (χ1n) is 5.80. The fourth-order valence-corrected chi connectivity index (χ4v) is 1.69. The lowest BCUT2D eigenvalue weighted by atomic mass is 10.2. The van der Waals surface area contributed by atoms with E-state index in [4.69, 9.17) is 0 Å². The van der Waals surface area contributed by atoms with Gasteiger partial charge in [-0.1, -0.05) is 19.9 Å². The van der Waals surface area contributed by atoms with Gasteiger partial charge < -0.3 is 9.88 Å². The van der Waals surface area contributed by atoms with Gasteiger partial charge in [-0.3, -0.25) is 0 Å². The number of halogens is 2. The van der Waals surface area contributed by atoms with Crippen LogP contribution >= 0.6 is 0 Å². The predicted octanol–water partition coefficient (Wildman–Crippen LogP) is 3.56. The molecule has 0 radical (unpaired) electrons. The van der Waals surface area contributed by atoms with Gasteiger partial charge in [0.25, 0.3) is 0 Å². The molecule has 0 amide bonds. The van der Waals surface area contributed by atoms with Crippen molar-refractivity contribution in [2.24, 2.45) is 5.92 Å². The van der Waals surface area contributed by atoms with Gasteiger partial charge >= 0.3 is 0 Å². The van der Waals surface area contributed by atoms with Crippen LogP contribution in [0.15, 0.2) is 30.6 Å². The van der Waals surface area contributed by atoms with E-state index < -0.39 is 11.6 Å². The Morgan fingerprint density at radius 3 is 2.83 bits per heavy atom. The molecule has 96 valence electrons. The molecular weight excluding hydrogens is 236 g/mol. The topological polar surface area (TPSA) is 29.9 Å². The highest BCUT2D eigenvalue weighted by Gasteiger charge is 2.10. The summed E-state index contributed by atoms with van der Waals surface area (Å²) in [7, 11) is 0. The SMILES string of the molecule is CC(C)Cn1ccnc1Nc1cccc(F)c1F. The van der Waals surface area contributed by atoms with Crippen molar-refractivity contribution >= 4 is 11.6 Å². The van der Waals surface area contributed by atoms with E-state index in [1.807, 2.05) is 4.57 Å². The van der Waals surface area contributed by atoms with E-state index in [1.54, 1.807) is 12.4 Å². The molecular formula is C13H15F2N3. The van der Waals surface area contributed by atoms with Gasteiger partial charge in [0.05, 0.1) is 5.69 Å². The second kappa shape index (κ2) is 5.16. The third-order valence-corrected chi connectivity index (χ3v) is 2.48. The van der Waals surface area contributed by atoms with Crippen LogP contribution in [0.5, 0.6) is 0 Å². The molecule has 1 heterocycles. The van der Waals surface area contributed by atoms with Crippen LogP contribution in [0.2, 0.25) is 0 Å². The molecule has 0 bridgehead atoms. The monoisotopic (exact) mass is 251 g/mol. The van der Waals surface area contributed by atoms with E-state index in [-0.39, 0.29) is 5.69 Å². The summed E-state index contributed by atoms with van der Waals surface area (Å²) in [5.41, 5.74) is 0.0891. The van der Waals surface area contributed by atoms with E-state index in [1.165, 1.54) is 12.1 Å². The van der Waals surface area contributed by atoms with E-state index in [0.717, 1.165) is 12.6 Å². The largest absolute Gasteiger partial charge is 0.323 e. The first-order chi connectivity index (χ1) is 8.58. The summed E-state index contributed by atoms with van der Waals surface area (Å²) in [6, 6.07) is 4.02. The third-order valence-electron chi connectivity index (χ3n) is 2.48. The molecule has 0 aliphatic rings. The predicted molar refractivity (Wildman–Crippen MR) is 66.7 cm³/mol. The van der Waals surface area contributed by atoms with Crippen molar-refractivity contribution < 1.29 is 8.78 Å². The fraction of sp³-hybridized carbons (Fsp3) is 0.308. The van der Waals surface area contributed by atoms with Gasteiger partial charge in [-0.15, -0.1) is 0 Å². The molecule has 0 aliphatic carbocycles. The molecule has 3 nitrogen and oxygen atoms in total. The quantitative estimate of drug-likeness (QED) is 0.900. The zero-order valence-electron chi connectivity index (χ0n) is 10.3. The van der Waals surface area contributed by atoms with E-state index >= 15 is 0 Å². The van der Waals surface area contributed by atoms with Gasteiger partial charge in [0.1, 0.15) is 0 Å². The summed E-state index contributed by atoms with van der Waals surface area (Å²) in [6.07, 6.45) is 3.43. The van der Waals surface area contributed by atoms with Crippen molar-refractivity contribution in [1.82, 2.24) is 9.55 Å². The maximum Gasteiger partial charge on any atom is 0.207 e. The molecule has 1 aromatic carbocycles. The van der Waals surface area contributed by atoms with Crippen LogP contribution in [0.3, 0.4) is 0 Å². The van der Waals surface area contributed by atoms with Gasteiger partial charge in [-0.2, -0.15) is 0 Å². The van der Waals surface area contributed by atoms with Gasteiger partial charge in [-0.05, 0) is 18.1 Å². The molecule has 1 aromatic heterocycles. The van der Waals surface area contributed by atoms with E-state index in [0.29, 0.717) is 11.9 Å². The van der Waals surface area contributed by atoms with Gasteiger partial charge in [0.15, 0.2) is 11.6 Å². The van der Waals surface area contributed by atoms with Crippen LogP contribution < -0.4 is 5.32 Å². The summed E-state index contributed by atoms with van der Waals surface area (Å²) < 4.78 is 28.5. The van der Waals surface area contributed by atoms with Gasteiger partial charge in [0, 0.05) is 18.9 Å². The Labute approximate surface area is 104 Å². The molecule has 2 aromatic rings. The molecule has 1 N–H and O–H groups in total. The van der Waals surface area contributed by atoms with Crippen LogP contribution in [-0.2, 0) is 6.54 Å². The van der Waals surface area contributed by atoms with Crippen molar-refractivity contribution in [3.63, 3.8) is 0 Å². The lowest BCUT2D eigenvalue weighted by molar-refractivity contribution is 0.510. The average molecular weight is 251 g/mol. The van der Waals surface area contributed by atoms with Crippen molar-refractivity contribution in [2.45, 2.75) is 20.4 Å². The van der Waals surface area contributed by atoms with Crippen molar-refractivity contribution in [1.29, 1.82) is 0 Å². The lowest BCUT2D eigenvalue weighted by Gasteiger charge is -2.12. The minimum Gasteiger partial charge on any atom is -0.323 e. The van der Waals surface area contributed by atoms with Crippen molar-refractivity contribution in [3.05, 3.63) is 42.2 Å². The zero-order valence-corrected chi connectivity index (χ0v) is 10.3. The molecule has 5 heteroatoms. The number of aromatic nitrogens is 2. The molecule has 18 heavy (non-hydrogen) atoms. The number of benzene rings is 1. The summed E-state index contributed by atoms with van der Waals surface area (Å²) in [6.45, 7) is 4.92. The first kappa shape index (κ1) is 12.5. The minimum atomic E-state index is -0.892. The number of nitrogens with one attached hydrogen (secondary N) is 1. The lowest BCUT2D eigenvalue weighted by Crippen LogP contribution is -2.08. The van der Waals surface area contributed by atoms with Crippen molar-refractivity contribution in [3.8, 4) is 0 Å². The Morgan fingerprint density at radius 1 is 1.33 bits per heavy atom. The molecule has 0 unspecified atom stereocenters. The highest BCUT2D eigenvalue weighted by Crippen LogP contribution is 2.21. The summed E-state index contributed by atoms with van der Waals surface area (Å²) >= 11 is 0. The number of rotatable bonds is 4. The normalized spacial score (nSPS) is 10.9. The van der Waals surface area contributed by atoms with Crippen LogP contribution in [0.1, 0.15) is 13.8 Å². The molecule has 0 saturated carbocycles. The second-order valence-electron chi connectivity index (χ2n) is 4.52. The highest BCUT2D eigenvalue weighted by molar-refractivity contribution is 5.54. The molecule has 0 saturated heterocycles.